The average molecular weight is 373 g/mol. The van der Waals surface area contributed by atoms with Crippen LogP contribution >= 0.6 is 11.8 Å². The summed E-state index contributed by atoms with van der Waals surface area (Å²) in [4.78, 5) is 19.5. The van der Waals surface area contributed by atoms with Crippen LogP contribution in [0.25, 0.3) is 11.4 Å². The Morgan fingerprint density at radius 3 is 2.62 bits per heavy atom. The summed E-state index contributed by atoms with van der Waals surface area (Å²) in [6.07, 6.45) is 6.03. The van der Waals surface area contributed by atoms with E-state index < -0.39 is 0 Å². The second kappa shape index (κ2) is 8.71. The molecule has 1 aromatic heterocycles. The van der Waals surface area contributed by atoms with Gasteiger partial charge in [0.2, 0.25) is 11.1 Å². The summed E-state index contributed by atoms with van der Waals surface area (Å²) in [6, 6.07) is 8.57. The predicted molar refractivity (Wildman–Crippen MR) is 106 cm³/mol. The van der Waals surface area contributed by atoms with Gasteiger partial charge in [-0.05, 0) is 33.6 Å². The Hall–Kier alpha value is -1.82. The first kappa shape index (κ1) is 19.0. The van der Waals surface area contributed by atoms with E-state index in [1.807, 2.05) is 19.1 Å². The Morgan fingerprint density at radius 2 is 1.96 bits per heavy atom. The molecule has 5 nitrogen and oxygen atoms in total. The standard InChI is InChI=1S/C20H28N4OS/c1-4-24(17-8-6-5-7-9-17)19(25)15(3)26-20-21-18(22-23-20)16-12-10-14(2)11-13-16/h10-13,15,17H,4-9H2,1-3H3,(H,21,22,23)/t15-/m1/s1. The largest absolute Gasteiger partial charge is 0.339 e. The van der Waals surface area contributed by atoms with Crippen LogP contribution in [0.5, 0.6) is 0 Å². The lowest BCUT2D eigenvalue weighted by atomic mass is 9.94. The molecule has 26 heavy (non-hydrogen) atoms. The molecule has 0 aliphatic heterocycles. The van der Waals surface area contributed by atoms with Gasteiger partial charge in [-0.1, -0.05) is 60.9 Å². The van der Waals surface area contributed by atoms with E-state index in [4.69, 9.17) is 0 Å². The van der Waals surface area contributed by atoms with E-state index in [2.05, 4.69) is 46.1 Å². The van der Waals surface area contributed by atoms with Crippen LogP contribution in [-0.4, -0.2) is 43.8 Å². The molecule has 2 aromatic rings. The fourth-order valence-electron chi connectivity index (χ4n) is 3.57. The molecular formula is C20H28N4OS. The minimum absolute atomic E-state index is 0.182. The van der Waals surface area contributed by atoms with Gasteiger partial charge in [-0.25, -0.2) is 4.98 Å². The zero-order chi connectivity index (χ0) is 18.5. The van der Waals surface area contributed by atoms with E-state index in [0.29, 0.717) is 11.2 Å². The van der Waals surface area contributed by atoms with Crippen molar-refractivity contribution in [2.24, 2.45) is 0 Å². The third-order valence-corrected chi connectivity index (χ3v) is 6.01. The topological polar surface area (TPSA) is 61.9 Å². The number of nitrogens with zero attached hydrogens (tertiary/aromatic N) is 3. The normalized spacial score (nSPS) is 16.4. The van der Waals surface area contributed by atoms with E-state index in [1.165, 1.54) is 36.6 Å². The lowest BCUT2D eigenvalue weighted by molar-refractivity contribution is -0.133. The van der Waals surface area contributed by atoms with Gasteiger partial charge in [0.15, 0.2) is 5.82 Å². The molecule has 1 aliphatic rings. The summed E-state index contributed by atoms with van der Waals surface area (Å²) < 4.78 is 0. The number of amides is 1. The maximum Gasteiger partial charge on any atom is 0.236 e. The van der Waals surface area contributed by atoms with Crippen LogP contribution in [0.4, 0.5) is 0 Å². The number of aromatic amines is 1. The van der Waals surface area contributed by atoms with Gasteiger partial charge in [0, 0.05) is 18.2 Å². The Labute approximate surface area is 160 Å². The summed E-state index contributed by atoms with van der Waals surface area (Å²) in [6.45, 7) is 6.87. The molecule has 3 rings (SSSR count). The molecule has 1 amide bonds. The van der Waals surface area contributed by atoms with E-state index in [9.17, 15) is 4.79 Å². The molecule has 1 heterocycles. The van der Waals surface area contributed by atoms with Gasteiger partial charge >= 0.3 is 0 Å². The zero-order valence-electron chi connectivity index (χ0n) is 15.9. The van der Waals surface area contributed by atoms with E-state index in [0.717, 1.165) is 30.8 Å². The van der Waals surface area contributed by atoms with Crippen molar-refractivity contribution in [3.63, 3.8) is 0 Å². The molecule has 1 aromatic carbocycles. The molecule has 0 radical (unpaired) electrons. The quantitative estimate of drug-likeness (QED) is 0.762. The highest BCUT2D eigenvalue weighted by atomic mass is 32.2. The van der Waals surface area contributed by atoms with Crippen molar-refractivity contribution in [2.45, 2.75) is 69.3 Å². The first-order valence-corrected chi connectivity index (χ1v) is 10.4. The van der Waals surface area contributed by atoms with Crippen molar-refractivity contribution in [3.8, 4) is 11.4 Å². The van der Waals surface area contributed by atoms with Crippen LogP contribution in [0, 0.1) is 6.92 Å². The molecule has 1 aliphatic carbocycles. The fourth-order valence-corrected chi connectivity index (χ4v) is 4.36. The van der Waals surface area contributed by atoms with Gasteiger partial charge < -0.3 is 4.90 Å². The van der Waals surface area contributed by atoms with Crippen molar-refractivity contribution in [2.75, 3.05) is 6.54 Å². The fraction of sp³-hybridized carbons (Fsp3) is 0.550. The Balaban J connectivity index is 1.64. The number of H-pyrrole nitrogens is 1. The van der Waals surface area contributed by atoms with Gasteiger partial charge in [0.25, 0.3) is 0 Å². The van der Waals surface area contributed by atoms with Crippen molar-refractivity contribution >= 4 is 17.7 Å². The molecule has 1 saturated carbocycles. The average Bonchev–Trinajstić information content (AvgIpc) is 3.12. The number of hydrogen-bond donors (Lipinski definition) is 1. The van der Waals surface area contributed by atoms with Crippen LogP contribution in [0.3, 0.4) is 0 Å². The monoisotopic (exact) mass is 372 g/mol. The first-order valence-electron chi connectivity index (χ1n) is 9.55. The second-order valence-corrected chi connectivity index (χ2v) is 8.32. The number of carbonyl (C=O) groups excluding carboxylic acids is 1. The van der Waals surface area contributed by atoms with Crippen molar-refractivity contribution in [1.82, 2.24) is 20.1 Å². The zero-order valence-corrected chi connectivity index (χ0v) is 16.7. The number of benzene rings is 1. The summed E-state index contributed by atoms with van der Waals surface area (Å²) >= 11 is 1.43. The van der Waals surface area contributed by atoms with Crippen LogP contribution < -0.4 is 0 Å². The molecule has 1 N–H and O–H groups in total. The summed E-state index contributed by atoms with van der Waals surface area (Å²) in [5.41, 5.74) is 2.22. The molecule has 1 fully saturated rings. The Bertz CT molecular complexity index is 722. The van der Waals surface area contributed by atoms with Crippen molar-refractivity contribution < 1.29 is 4.79 Å². The molecule has 0 spiro atoms. The third kappa shape index (κ3) is 4.47. The third-order valence-electron chi connectivity index (χ3n) is 5.06. The molecule has 0 unspecified atom stereocenters. The summed E-state index contributed by atoms with van der Waals surface area (Å²) in [5, 5.41) is 7.72. The smallest absolute Gasteiger partial charge is 0.236 e. The number of rotatable bonds is 6. The van der Waals surface area contributed by atoms with E-state index in [1.54, 1.807) is 0 Å². The number of thioether (sulfide) groups is 1. The highest BCUT2D eigenvalue weighted by Crippen LogP contribution is 2.27. The lowest BCUT2D eigenvalue weighted by Crippen LogP contribution is -2.44. The number of carbonyl (C=O) groups is 1. The predicted octanol–water partition coefficient (Wildman–Crippen LogP) is 4.44. The molecule has 6 heteroatoms. The van der Waals surface area contributed by atoms with Gasteiger partial charge in [0.1, 0.15) is 0 Å². The van der Waals surface area contributed by atoms with Crippen molar-refractivity contribution in [3.05, 3.63) is 29.8 Å². The first-order chi connectivity index (χ1) is 12.6. The number of hydrogen-bond acceptors (Lipinski definition) is 4. The lowest BCUT2D eigenvalue weighted by Gasteiger charge is -2.35. The molecule has 0 bridgehead atoms. The number of aryl methyl sites for hydroxylation is 1. The maximum atomic E-state index is 12.9. The minimum atomic E-state index is -0.182. The maximum absolute atomic E-state index is 12.9. The molecule has 0 saturated heterocycles. The Morgan fingerprint density at radius 1 is 1.27 bits per heavy atom. The molecule has 1 atom stereocenters. The minimum Gasteiger partial charge on any atom is -0.339 e. The van der Waals surface area contributed by atoms with Gasteiger partial charge in [0.05, 0.1) is 5.25 Å². The van der Waals surface area contributed by atoms with Crippen LogP contribution in [0.15, 0.2) is 29.4 Å². The highest BCUT2D eigenvalue weighted by molar-refractivity contribution is 8.00. The second-order valence-electron chi connectivity index (χ2n) is 7.01. The van der Waals surface area contributed by atoms with Crippen molar-refractivity contribution in [1.29, 1.82) is 0 Å². The van der Waals surface area contributed by atoms with Gasteiger partial charge in [-0.2, -0.15) is 0 Å². The summed E-state index contributed by atoms with van der Waals surface area (Å²) in [5.74, 6) is 0.942. The van der Waals surface area contributed by atoms with E-state index in [-0.39, 0.29) is 11.2 Å². The van der Waals surface area contributed by atoms with E-state index >= 15 is 0 Å². The highest BCUT2D eigenvalue weighted by Gasteiger charge is 2.28. The number of aromatic nitrogens is 3. The van der Waals surface area contributed by atoms with Crippen LogP contribution in [0.1, 0.15) is 51.5 Å². The Kier molecular flexibility index (Phi) is 6.35. The number of nitrogens with one attached hydrogen (secondary N) is 1. The summed E-state index contributed by atoms with van der Waals surface area (Å²) in [7, 11) is 0. The SMILES string of the molecule is CCN(C(=O)[C@@H](C)Sc1n[nH]c(-c2ccc(C)cc2)n1)C1CCCCC1. The van der Waals surface area contributed by atoms with Crippen LogP contribution in [0.2, 0.25) is 0 Å². The van der Waals surface area contributed by atoms with Gasteiger partial charge in [-0.3, -0.25) is 9.89 Å². The van der Waals surface area contributed by atoms with Gasteiger partial charge in [-0.15, -0.1) is 5.10 Å². The molecular weight excluding hydrogens is 344 g/mol. The molecule has 140 valence electrons. The van der Waals surface area contributed by atoms with Crippen LogP contribution in [-0.2, 0) is 4.79 Å².